The summed E-state index contributed by atoms with van der Waals surface area (Å²) in [5, 5.41) is 0. The van der Waals surface area contributed by atoms with E-state index in [9.17, 15) is 4.79 Å². The third-order valence-electron chi connectivity index (χ3n) is 3.05. The highest BCUT2D eigenvalue weighted by Gasteiger charge is 2.16. The van der Waals surface area contributed by atoms with E-state index in [2.05, 4.69) is 15.9 Å². The van der Waals surface area contributed by atoms with Gasteiger partial charge in [-0.2, -0.15) is 0 Å². The number of aryl methyl sites for hydroxylation is 1. The van der Waals surface area contributed by atoms with Crippen LogP contribution < -0.4 is 4.74 Å². The number of hydrogen-bond acceptors (Lipinski definition) is 3. The average Bonchev–Trinajstić information content (AvgIpc) is 2.47. The van der Waals surface area contributed by atoms with Gasteiger partial charge < -0.3 is 9.47 Å². The van der Waals surface area contributed by atoms with E-state index in [0.717, 1.165) is 10.0 Å². The van der Waals surface area contributed by atoms with Gasteiger partial charge in [0.2, 0.25) is 0 Å². The minimum Gasteiger partial charge on any atom is -0.490 e. The highest BCUT2D eigenvalue weighted by atomic mass is 79.9. The second-order valence-electron chi connectivity index (χ2n) is 4.65. The molecule has 0 aliphatic carbocycles. The van der Waals surface area contributed by atoms with Crippen LogP contribution in [0.4, 0.5) is 0 Å². The first-order chi connectivity index (χ1) is 10.1. The largest absolute Gasteiger partial charge is 0.490 e. The van der Waals surface area contributed by atoms with Crippen LogP contribution in [0.5, 0.6) is 5.75 Å². The maximum Gasteiger partial charge on any atom is 0.197 e. The molecule has 0 heterocycles. The van der Waals surface area contributed by atoms with E-state index in [1.165, 1.54) is 0 Å². The van der Waals surface area contributed by atoms with E-state index in [4.69, 9.17) is 9.47 Å². The molecule has 0 aromatic heterocycles. The van der Waals surface area contributed by atoms with E-state index >= 15 is 0 Å². The van der Waals surface area contributed by atoms with Crippen LogP contribution >= 0.6 is 15.9 Å². The van der Waals surface area contributed by atoms with Crippen LogP contribution in [0, 0.1) is 6.92 Å². The molecule has 0 atom stereocenters. The molecule has 2 aromatic carbocycles. The van der Waals surface area contributed by atoms with Crippen molar-refractivity contribution < 1.29 is 14.3 Å². The number of carbonyl (C=O) groups excluding carboxylic acids is 1. The Bertz CT molecular complexity index is 638. The Morgan fingerprint density at radius 3 is 2.57 bits per heavy atom. The van der Waals surface area contributed by atoms with E-state index in [1.54, 1.807) is 19.2 Å². The number of benzene rings is 2. The van der Waals surface area contributed by atoms with Crippen molar-refractivity contribution in [3.63, 3.8) is 0 Å². The number of rotatable bonds is 6. The van der Waals surface area contributed by atoms with Crippen LogP contribution in [0.1, 0.15) is 21.5 Å². The highest BCUT2D eigenvalue weighted by molar-refractivity contribution is 9.10. The number of para-hydroxylation sites is 1. The zero-order valence-electron chi connectivity index (χ0n) is 12.1. The summed E-state index contributed by atoms with van der Waals surface area (Å²) in [6, 6.07) is 12.9. The van der Waals surface area contributed by atoms with E-state index < -0.39 is 0 Å². The quantitative estimate of drug-likeness (QED) is 0.584. The predicted octanol–water partition coefficient (Wildman–Crippen LogP) is 4.01. The minimum atomic E-state index is -0.0603. The Morgan fingerprint density at radius 1 is 1.10 bits per heavy atom. The molecule has 0 saturated carbocycles. The van der Waals surface area contributed by atoms with Gasteiger partial charge in [-0.05, 0) is 36.8 Å². The van der Waals surface area contributed by atoms with Crippen molar-refractivity contribution in [1.82, 2.24) is 0 Å². The second kappa shape index (κ2) is 7.38. The van der Waals surface area contributed by atoms with Crippen molar-refractivity contribution in [2.75, 3.05) is 20.3 Å². The molecule has 4 heteroatoms. The first-order valence-electron chi connectivity index (χ1n) is 6.65. The fraction of sp³-hybridized carbons (Fsp3) is 0.235. The van der Waals surface area contributed by atoms with Crippen LogP contribution in [0.3, 0.4) is 0 Å². The van der Waals surface area contributed by atoms with Crippen LogP contribution in [0.25, 0.3) is 0 Å². The van der Waals surface area contributed by atoms with Crippen LogP contribution in [-0.2, 0) is 4.74 Å². The third-order valence-corrected chi connectivity index (χ3v) is 3.70. The second-order valence-corrected chi connectivity index (χ2v) is 5.50. The molecule has 0 N–H and O–H groups in total. The highest BCUT2D eigenvalue weighted by Crippen LogP contribution is 2.26. The minimum absolute atomic E-state index is 0.0603. The maximum absolute atomic E-state index is 12.7. The van der Waals surface area contributed by atoms with Crippen molar-refractivity contribution >= 4 is 21.7 Å². The topological polar surface area (TPSA) is 35.5 Å². The molecule has 0 amide bonds. The van der Waals surface area contributed by atoms with Gasteiger partial charge >= 0.3 is 0 Å². The molecule has 0 radical (unpaired) electrons. The number of ether oxygens (including phenoxy) is 2. The number of methoxy groups -OCH3 is 1. The maximum atomic E-state index is 12.7. The van der Waals surface area contributed by atoms with Crippen molar-refractivity contribution in [2.45, 2.75) is 6.92 Å². The summed E-state index contributed by atoms with van der Waals surface area (Å²) in [6.45, 7) is 2.88. The number of carbonyl (C=O) groups is 1. The summed E-state index contributed by atoms with van der Waals surface area (Å²) in [5.74, 6) is 0.516. The molecule has 21 heavy (non-hydrogen) atoms. The van der Waals surface area contributed by atoms with Gasteiger partial charge in [0.05, 0.1) is 12.2 Å². The molecule has 0 fully saturated rings. The molecule has 0 bridgehead atoms. The van der Waals surface area contributed by atoms with Crippen molar-refractivity contribution in [3.05, 3.63) is 63.6 Å². The van der Waals surface area contributed by atoms with E-state index in [0.29, 0.717) is 30.1 Å². The van der Waals surface area contributed by atoms with Crippen molar-refractivity contribution in [1.29, 1.82) is 0 Å². The molecule has 3 nitrogen and oxygen atoms in total. The molecule has 0 unspecified atom stereocenters. The lowest BCUT2D eigenvalue weighted by Gasteiger charge is -2.11. The zero-order chi connectivity index (χ0) is 15.2. The fourth-order valence-electron chi connectivity index (χ4n) is 1.96. The van der Waals surface area contributed by atoms with Gasteiger partial charge in [-0.1, -0.05) is 34.1 Å². The first kappa shape index (κ1) is 15.7. The van der Waals surface area contributed by atoms with Gasteiger partial charge in [-0.25, -0.2) is 0 Å². The molecule has 0 aliphatic heterocycles. The summed E-state index contributed by atoms with van der Waals surface area (Å²) in [6.07, 6.45) is 0. The molecule has 0 aliphatic rings. The Kier molecular flexibility index (Phi) is 5.53. The first-order valence-corrected chi connectivity index (χ1v) is 7.44. The zero-order valence-corrected chi connectivity index (χ0v) is 13.6. The summed E-state index contributed by atoms with van der Waals surface area (Å²) in [5.41, 5.74) is 2.28. The number of halogens is 1. The lowest BCUT2D eigenvalue weighted by atomic mass is 10.0. The lowest BCUT2D eigenvalue weighted by Crippen LogP contribution is -2.09. The molecule has 2 aromatic rings. The smallest absolute Gasteiger partial charge is 0.197 e. The fourth-order valence-corrected chi connectivity index (χ4v) is 2.64. The standard InChI is InChI=1S/C17H17BrO3/c1-12-7-8-13(15(18)11-12)17(19)14-5-3-4-6-16(14)21-10-9-20-2/h3-8,11H,9-10H2,1-2H3. The third kappa shape index (κ3) is 3.93. The van der Waals surface area contributed by atoms with Crippen molar-refractivity contribution in [3.8, 4) is 5.75 Å². The SMILES string of the molecule is COCCOc1ccccc1C(=O)c1ccc(C)cc1Br. The van der Waals surface area contributed by atoms with Crippen LogP contribution in [0.2, 0.25) is 0 Å². The monoisotopic (exact) mass is 348 g/mol. The summed E-state index contributed by atoms with van der Waals surface area (Å²) < 4.78 is 11.4. The molecule has 2 rings (SSSR count). The molecule has 110 valence electrons. The number of ketones is 1. The Hall–Kier alpha value is -1.65. The van der Waals surface area contributed by atoms with E-state index in [-0.39, 0.29) is 5.78 Å². The van der Waals surface area contributed by atoms with Crippen molar-refractivity contribution in [2.24, 2.45) is 0 Å². The lowest BCUT2D eigenvalue weighted by molar-refractivity contribution is 0.103. The van der Waals surface area contributed by atoms with Gasteiger partial charge in [0, 0.05) is 17.1 Å². The van der Waals surface area contributed by atoms with Gasteiger partial charge in [0.1, 0.15) is 12.4 Å². The number of hydrogen-bond donors (Lipinski definition) is 0. The molecular weight excluding hydrogens is 332 g/mol. The van der Waals surface area contributed by atoms with Crippen LogP contribution in [0.15, 0.2) is 46.9 Å². The van der Waals surface area contributed by atoms with Gasteiger partial charge in [-0.15, -0.1) is 0 Å². The summed E-state index contributed by atoms with van der Waals surface area (Å²) in [4.78, 5) is 12.7. The molecule has 0 saturated heterocycles. The van der Waals surface area contributed by atoms with E-state index in [1.807, 2.05) is 37.3 Å². The van der Waals surface area contributed by atoms with Gasteiger partial charge in [-0.3, -0.25) is 4.79 Å². The summed E-state index contributed by atoms with van der Waals surface area (Å²) >= 11 is 3.45. The normalized spacial score (nSPS) is 10.4. The Balaban J connectivity index is 2.30. The van der Waals surface area contributed by atoms with Gasteiger partial charge in [0.15, 0.2) is 5.78 Å². The molecular formula is C17H17BrO3. The average molecular weight is 349 g/mol. The van der Waals surface area contributed by atoms with Crippen LogP contribution in [-0.4, -0.2) is 26.1 Å². The molecule has 0 spiro atoms. The Labute approximate surface area is 133 Å². The Morgan fingerprint density at radius 2 is 1.86 bits per heavy atom. The summed E-state index contributed by atoms with van der Waals surface area (Å²) in [7, 11) is 1.61. The predicted molar refractivity (Wildman–Crippen MR) is 86.1 cm³/mol. The van der Waals surface area contributed by atoms with Gasteiger partial charge in [0.25, 0.3) is 0 Å².